The molecule has 4 heteroatoms. The minimum Gasteiger partial charge on any atom is -0.469 e. The predicted octanol–water partition coefficient (Wildman–Crippen LogP) is 1.01. The van der Waals surface area contributed by atoms with Gasteiger partial charge in [-0.3, -0.25) is 4.79 Å². The average Bonchev–Trinajstić information content (AvgIpc) is 2.15. The van der Waals surface area contributed by atoms with Gasteiger partial charge < -0.3 is 9.64 Å². The third-order valence-electron chi connectivity index (χ3n) is 2.53. The number of hydrogen-bond donors (Lipinski definition) is 0. The maximum Gasteiger partial charge on any atom is 0.311 e. The molecule has 0 N–H and O–H groups in total. The maximum absolute atomic E-state index is 11.1. The molecule has 1 aliphatic heterocycles. The highest BCUT2D eigenvalue weighted by Crippen LogP contribution is 2.17. The fourth-order valence-corrected chi connectivity index (χ4v) is 1.51. The molecule has 1 aliphatic rings. The normalized spacial score (nSPS) is 14.6. The minimum atomic E-state index is -0.247. The van der Waals surface area contributed by atoms with Crippen LogP contribution in [0.15, 0.2) is 18.2 Å². The molecule has 1 aromatic heterocycles. The molecule has 1 saturated heterocycles. The molecule has 4 nitrogen and oxygen atoms in total. The van der Waals surface area contributed by atoms with Gasteiger partial charge in [0.15, 0.2) is 0 Å². The molecular weight excluding hydrogens is 192 g/mol. The van der Waals surface area contributed by atoms with E-state index >= 15 is 0 Å². The van der Waals surface area contributed by atoms with Crippen molar-refractivity contribution in [1.82, 2.24) is 4.98 Å². The molecule has 80 valence electrons. The van der Waals surface area contributed by atoms with Gasteiger partial charge in [0.25, 0.3) is 0 Å². The van der Waals surface area contributed by atoms with Crippen molar-refractivity contribution in [3.63, 3.8) is 0 Å². The Morgan fingerprint density at radius 2 is 2.33 bits per heavy atom. The first-order valence-electron chi connectivity index (χ1n) is 5.07. The molecule has 0 aliphatic carbocycles. The Balaban J connectivity index is 2.08. The first kappa shape index (κ1) is 9.96. The van der Waals surface area contributed by atoms with Crippen molar-refractivity contribution in [2.75, 3.05) is 25.1 Å². The van der Waals surface area contributed by atoms with E-state index in [1.165, 1.54) is 13.5 Å². The molecule has 2 rings (SSSR count). The van der Waals surface area contributed by atoms with Crippen LogP contribution in [0.3, 0.4) is 0 Å². The average molecular weight is 206 g/mol. The molecule has 0 atom stereocenters. The summed E-state index contributed by atoms with van der Waals surface area (Å²) in [5.74, 6) is 0.714. The summed E-state index contributed by atoms with van der Waals surface area (Å²) in [6.45, 7) is 2.13. The molecule has 0 unspecified atom stereocenters. The van der Waals surface area contributed by atoms with Crippen molar-refractivity contribution in [3.8, 4) is 0 Å². The first-order chi connectivity index (χ1) is 7.29. The van der Waals surface area contributed by atoms with Crippen LogP contribution in [0.25, 0.3) is 0 Å². The third-order valence-corrected chi connectivity index (χ3v) is 2.53. The first-order valence-corrected chi connectivity index (χ1v) is 5.07. The predicted molar refractivity (Wildman–Crippen MR) is 56.8 cm³/mol. The van der Waals surface area contributed by atoms with Gasteiger partial charge >= 0.3 is 5.97 Å². The van der Waals surface area contributed by atoms with E-state index in [0.717, 1.165) is 24.6 Å². The molecular formula is C11H14N2O2. The van der Waals surface area contributed by atoms with E-state index in [1.54, 1.807) is 0 Å². The number of esters is 1. The summed E-state index contributed by atoms with van der Waals surface area (Å²) in [7, 11) is 1.39. The number of carbonyl (C=O) groups is 1. The number of anilines is 1. The zero-order valence-electron chi connectivity index (χ0n) is 8.77. The molecule has 0 saturated carbocycles. The van der Waals surface area contributed by atoms with Crippen molar-refractivity contribution in [3.05, 3.63) is 23.9 Å². The quantitative estimate of drug-likeness (QED) is 0.692. The van der Waals surface area contributed by atoms with Crippen LogP contribution in [-0.4, -0.2) is 31.2 Å². The maximum atomic E-state index is 11.1. The van der Waals surface area contributed by atoms with Crippen LogP contribution in [0.2, 0.25) is 0 Å². The van der Waals surface area contributed by atoms with Crippen molar-refractivity contribution in [2.24, 2.45) is 0 Å². The molecule has 0 radical (unpaired) electrons. The Morgan fingerprint density at radius 1 is 1.53 bits per heavy atom. The summed E-state index contributed by atoms with van der Waals surface area (Å²) in [4.78, 5) is 17.7. The number of pyridine rings is 1. The monoisotopic (exact) mass is 206 g/mol. The Hall–Kier alpha value is -1.58. The number of nitrogens with zero attached hydrogens (tertiary/aromatic N) is 2. The van der Waals surface area contributed by atoms with E-state index in [1.807, 2.05) is 18.2 Å². The van der Waals surface area contributed by atoms with Gasteiger partial charge in [-0.25, -0.2) is 4.98 Å². The Bertz CT molecular complexity index is 361. The van der Waals surface area contributed by atoms with Crippen molar-refractivity contribution >= 4 is 11.8 Å². The second kappa shape index (κ2) is 4.29. The summed E-state index contributed by atoms with van der Waals surface area (Å²) < 4.78 is 4.60. The molecule has 0 bridgehead atoms. The van der Waals surface area contributed by atoms with E-state index in [9.17, 15) is 4.79 Å². The lowest BCUT2D eigenvalue weighted by atomic mass is 10.2. The van der Waals surface area contributed by atoms with Gasteiger partial charge in [-0.1, -0.05) is 6.07 Å². The van der Waals surface area contributed by atoms with Gasteiger partial charge in [0.1, 0.15) is 5.82 Å². The topological polar surface area (TPSA) is 42.4 Å². The number of hydrogen-bond acceptors (Lipinski definition) is 4. The fourth-order valence-electron chi connectivity index (χ4n) is 1.51. The van der Waals surface area contributed by atoms with E-state index < -0.39 is 0 Å². The van der Waals surface area contributed by atoms with Gasteiger partial charge in [0, 0.05) is 13.1 Å². The number of carbonyl (C=O) groups excluding carboxylic acids is 1. The standard InChI is InChI=1S/C11H14N2O2/c1-15-11(14)8-9-4-2-5-10(12-9)13-6-3-7-13/h2,4-5H,3,6-8H2,1H3. The summed E-state index contributed by atoms with van der Waals surface area (Å²) in [5.41, 5.74) is 0.770. The van der Waals surface area contributed by atoms with Gasteiger partial charge in [-0.2, -0.15) is 0 Å². The molecule has 15 heavy (non-hydrogen) atoms. The van der Waals surface area contributed by atoms with E-state index in [-0.39, 0.29) is 12.4 Å². The van der Waals surface area contributed by atoms with E-state index in [0.29, 0.717) is 0 Å². The number of ether oxygens (including phenoxy) is 1. The second-order valence-corrected chi connectivity index (χ2v) is 3.58. The van der Waals surface area contributed by atoms with Gasteiger partial charge in [-0.05, 0) is 18.6 Å². The Kier molecular flexibility index (Phi) is 2.85. The van der Waals surface area contributed by atoms with Crippen LogP contribution < -0.4 is 4.90 Å². The van der Waals surface area contributed by atoms with Crippen LogP contribution in [0, 0.1) is 0 Å². The molecule has 2 heterocycles. The zero-order valence-corrected chi connectivity index (χ0v) is 8.77. The molecule has 0 spiro atoms. The zero-order chi connectivity index (χ0) is 10.7. The fraction of sp³-hybridized carbons (Fsp3) is 0.455. The molecule has 1 aromatic rings. The number of methoxy groups -OCH3 is 1. The van der Waals surface area contributed by atoms with Gasteiger partial charge in [0.2, 0.25) is 0 Å². The molecule has 0 amide bonds. The van der Waals surface area contributed by atoms with Gasteiger partial charge in [0.05, 0.1) is 19.2 Å². The Morgan fingerprint density at radius 3 is 2.93 bits per heavy atom. The van der Waals surface area contributed by atoms with Crippen LogP contribution in [-0.2, 0) is 16.0 Å². The lowest BCUT2D eigenvalue weighted by Crippen LogP contribution is -2.37. The third kappa shape index (κ3) is 2.26. The van der Waals surface area contributed by atoms with Crippen molar-refractivity contribution in [2.45, 2.75) is 12.8 Å². The highest BCUT2D eigenvalue weighted by molar-refractivity contribution is 5.71. The lowest BCUT2D eigenvalue weighted by molar-refractivity contribution is -0.139. The largest absolute Gasteiger partial charge is 0.469 e. The molecule has 0 aromatic carbocycles. The minimum absolute atomic E-state index is 0.247. The summed E-state index contributed by atoms with van der Waals surface area (Å²) in [6, 6.07) is 5.75. The summed E-state index contributed by atoms with van der Waals surface area (Å²) >= 11 is 0. The highest BCUT2D eigenvalue weighted by atomic mass is 16.5. The van der Waals surface area contributed by atoms with Gasteiger partial charge in [-0.15, -0.1) is 0 Å². The van der Waals surface area contributed by atoms with E-state index in [2.05, 4.69) is 14.6 Å². The Labute approximate surface area is 88.9 Å². The highest BCUT2D eigenvalue weighted by Gasteiger charge is 2.16. The van der Waals surface area contributed by atoms with Crippen molar-refractivity contribution < 1.29 is 9.53 Å². The second-order valence-electron chi connectivity index (χ2n) is 3.58. The van der Waals surface area contributed by atoms with Crippen LogP contribution in [0.4, 0.5) is 5.82 Å². The van der Waals surface area contributed by atoms with Crippen LogP contribution >= 0.6 is 0 Å². The van der Waals surface area contributed by atoms with Crippen molar-refractivity contribution in [1.29, 1.82) is 0 Å². The molecule has 1 fully saturated rings. The SMILES string of the molecule is COC(=O)Cc1cccc(N2CCC2)n1. The van der Waals surface area contributed by atoms with Crippen LogP contribution in [0.5, 0.6) is 0 Å². The lowest BCUT2D eigenvalue weighted by Gasteiger charge is -2.32. The smallest absolute Gasteiger partial charge is 0.311 e. The number of rotatable bonds is 3. The summed E-state index contributed by atoms with van der Waals surface area (Å²) in [5, 5.41) is 0. The number of aromatic nitrogens is 1. The van der Waals surface area contributed by atoms with Crippen LogP contribution in [0.1, 0.15) is 12.1 Å². The van der Waals surface area contributed by atoms with E-state index in [4.69, 9.17) is 0 Å². The summed E-state index contributed by atoms with van der Waals surface area (Å²) in [6.07, 6.45) is 1.47.